The number of hydrogen-bond donors (Lipinski definition) is 0. The average molecular weight is 699 g/mol. The Morgan fingerprint density at radius 2 is 0.404 bits per heavy atom. The first-order chi connectivity index (χ1) is 22.5. The minimum absolute atomic E-state index is 0.167. The van der Waals surface area contributed by atoms with Gasteiger partial charge in [-0.1, -0.05) is 0 Å². The Balaban J connectivity index is 1.90. The van der Waals surface area contributed by atoms with E-state index in [4.69, 9.17) is 0 Å². The van der Waals surface area contributed by atoms with E-state index >= 15 is 8.42 Å². The fourth-order valence-electron chi connectivity index (χ4n) is 6.27. The molecule has 0 fully saturated rings. The van der Waals surface area contributed by atoms with Crippen LogP contribution in [0, 0.1) is 34.9 Å². The van der Waals surface area contributed by atoms with Crippen LogP contribution in [-0.2, 0) is 9.08 Å². The molecule has 0 saturated heterocycles. The van der Waals surface area contributed by atoms with Crippen LogP contribution in [0.2, 0.25) is 0 Å². The van der Waals surface area contributed by atoms with Gasteiger partial charge in [-0.2, -0.15) is 0 Å². The monoisotopic (exact) mass is 698 g/mol. The third kappa shape index (κ3) is 5.46. The molecule has 0 N–H and O–H groups in total. The Bertz CT molecular complexity index is 1750. The van der Waals surface area contributed by atoms with Crippen LogP contribution in [0.1, 0.15) is 0 Å². The SMILES string of the molecule is O=S(=O)([PH](c1ccc(F)cc1)(c1ccc(F)cc1)c1ccc(F)cc1)[PH](c1ccc(F)cc1)(c1ccc(F)cc1)c1ccc(F)cc1. The molecule has 11 heteroatoms. The molecule has 0 heterocycles. The summed E-state index contributed by atoms with van der Waals surface area (Å²) in [5.41, 5.74) is 0. The molecule has 6 aromatic rings. The molecule has 0 aliphatic heterocycles. The molecule has 240 valence electrons. The molecule has 2 nitrogen and oxygen atoms in total. The quantitative estimate of drug-likeness (QED) is 0.134. The zero-order valence-electron chi connectivity index (χ0n) is 24.3. The first kappa shape index (κ1) is 32.6. The molecule has 0 bridgehead atoms. The summed E-state index contributed by atoms with van der Waals surface area (Å²) in [4.78, 5) is 0. The van der Waals surface area contributed by atoms with Gasteiger partial charge in [0.2, 0.25) is 0 Å². The van der Waals surface area contributed by atoms with Gasteiger partial charge in [-0.05, 0) is 0 Å². The van der Waals surface area contributed by atoms with Crippen molar-refractivity contribution in [3.63, 3.8) is 0 Å². The summed E-state index contributed by atoms with van der Waals surface area (Å²) in [5, 5.41) is 1.00. The second-order valence-electron chi connectivity index (χ2n) is 10.9. The van der Waals surface area contributed by atoms with Crippen LogP contribution in [0.15, 0.2) is 146 Å². The molecule has 6 rings (SSSR count). The van der Waals surface area contributed by atoms with Gasteiger partial charge >= 0.3 is 269 Å². The molecule has 0 radical (unpaired) electrons. The van der Waals surface area contributed by atoms with Crippen LogP contribution in [0.5, 0.6) is 0 Å². The minimum atomic E-state index is -4.84. The van der Waals surface area contributed by atoms with Gasteiger partial charge < -0.3 is 0 Å². The van der Waals surface area contributed by atoms with Crippen LogP contribution in [0.4, 0.5) is 26.3 Å². The predicted molar refractivity (Wildman–Crippen MR) is 182 cm³/mol. The second-order valence-corrected chi connectivity index (χ2v) is 26.2. The summed E-state index contributed by atoms with van der Waals surface area (Å²) in [6, 6.07) is 29.4. The fourth-order valence-corrected chi connectivity index (χ4v) is 34.3. The van der Waals surface area contributed by atoms with Crippen molar-refractivity contribution in [2.24, 2.45) is 0 Å². The van der Waals surface area contributed by atoms with Crippen molar-refractivity contribution >= 4 is 53.8 Å². The van der Waals surface area contributed by atoms with E-state index in [0.717, 1.165) is 72.8 Å². The summed E-state index contributed by atoms with van der Waals surface area (Å²) in [7, 11) is -4.84. The molecule has 0 aliphatic rings. The van der Waals surface area contributed by atoms with E-state index in [2.05, 4.69) is 0 Å². The van der Waals surface area contributed by atoms with Gasteiger partial charge in [-0.25, -0.2) is 0 Å². The summed E-state index contributed by atoms with van der Waals surface area (Å²) in [6.07, 6.45) is 0. The summed E-state index contributed by atoms with van der Waals surface area (Å²) < 4.78 is 120. The Morgan fingerprint density at radius 1 is 0.277 bits per heavy atom. The number of hydrogen-bond acceptors (Lipinski definition) is 2. The molecule has 0 amide bonds. The van der Waals surface area contributed by atoms with Crippen LogP contribution in [0.25, 0.3) is 0 Å². The van der Waals surface area contributed by atoms with Gasteiger partial charge in [-0.3, -0.25) is 0 Å². The topological polar surface area (TPSA) is 34.1 Å². The zero-order valence-corrected chi connectivity index (χ0v) is 27.2. The molecular formula is C36H26F6O2P2S. The zero-order chi connectivity index (χ0) is 33.4. The van der Waals surface area contributed by atoms with E-state index in [1.807, 2.05) is 0 Å². The van der Waals surface area contributed by atoms with Gasteiger partial charge in [0.05, 0.1) is 0 Å². The molecule has 6 aromatic carbocycles. The maximum absolute atomic E-state index is 16.5. The third-order valence-corrected chi connectivity index (χ3v) is 31.4. The fraction of sp³-hybridized carbons (Fsp3) is 0. The van der Waals surface area contributed by atoms with E-state index in [0.29, 0.717) is 0 Å². The first-order valence-electron chi connectivity index (χ1n) is 14.3. The van der Waals surface area contributed by atoms with E-state index < -0.39 is 56.9 Å². The molecular weight excluding hydrogens is 672 g/mol. The van der Waals surface area contributed by atoms with Crippen molar-refractivity contribution in [3.05, 3.63) is 180 Å². The first-order valence-corrected chi connectivity index (χ1v) is 21.2. The van der Waals surface area contributed by atoms with Crippen molar-refractivity contribution < 1.29 is 34.8 Å². The van der Waals surface area contributed by atoms with Gasteiger partial charge in [0.25, 0.3) is 0 Å². The van der Waals surface area contributed by atoms with Crippen molar-refractivity contribution in [2.45, 2.75) is 0 Å². The van der Waals surface area contributed by atoms with Gasteiger partial charge in [0.1, 0.15) is 0 Å². The van der Waals surface area contributed by atoms with Crippen LogP contribution in [0.3, 0.4) is 0 Å². The van der Waals surface area contributed by atoms with E-state index in [1.165, 1.54) is 72.8 Å². The third-order valence-electron chi connectivity index (χ3n) is 8.31. The molecule has 0 spiro atoms. The van der Waals surface area contributed by atoms with Crippen molar-refractivity contribution in [1.29, 1.82) is 0 Å². The molecule has 0 aliphatic carbocycles. The van der Waals surface area contributed by atoms with Crippen LogP contribution >= 0.6 is 12.9 Å². The van der Waals surface area contributed by atoms with Crippen molar-refractivity contribution in [3.8, 4) is 0 Å². The summed E-state index contributed by atoms with van der Waals surface area (Å²) in [5.74, 6) is -3.88. The van der Waals surface area contributed by atoms with Crippen LogP contribution < -0.4 is 31.8 Å². The number of benzene rings is 6. The Kier molecular flexibility index (Phi) is 8.84. The maximum atomic E-state index is 16.5. The predicted octanol–water partition coefficient (Wildman–Crippen LogP) is 6.52. The Morgan fingerprint density at radius 3 is 0.532 bits per heavy atom. The Labute approximate surface area is 268 Å². The van der Waals surface area contributed by atoms with Gasteiger partial charge in [0.15, 0.2) is 0 Å². The van der Waals surface area contributed by atoms with E-state index in [-0.39, 0.29) is 31.8 Å². The van der Waals surface area contributed by atoms with Crippen LogP contribution in [-0.4, -0.2) is 8.42 Å². The Hall–Kier alpha value is -4.29. The summed E-state index contributed by atoms with van der Waals surface area (Å²) in [6.45, 7) is -9.38. The molecule has 0 atom stereocenters. The second kappa shape index (κ2) is 12.7. The average Bonchev–Trinajstić information content (AvgIpc) is 3.06. The molecule has 0 unspecified atom stereocenters. The number of halogens is 6. The van der Waals surface area contributed by atoms with E-state index in [9.17, 15) is 26.3 Å². The van der Waals surface area contributed by atoms with E-state index in [1.54, 1.807) is 0 Å². The normalized spacial score (nSPS) is 12.9. The molecule has 0 aromatic heterocycles. The molecule has 47 heavy (non-hydrogen) atoms. The van der Waals surface area contributed by atoms with Gasteiger partial charge in [0, 0.05) is 0 Å². The molecule has 0 saturated carbocycles. The standard InChI is InChI=1S/C36H26F6O2P2S/c37-25-1-13-31(14-2-25)45(32-15-3-26(38)4-16-32,33-17-5-27(39)6-18-33)47(43,44)46(34-19-7-28(40)8-20-34,35-21-9-29(41)10-22-35)36-23-11-30(42)12-24-36/h1-24,45-46H. The number of rotatable bonds is 8. The van der Waals surface area contributed by atoms with Gasteiger partial charge in [-0.15, -0.1) is 0 Å². The van der Waals surface area contributed by atoms with Crippen molar-refractivity contribution in [1.82, 2.24) is 0 Å². The summed E-state index contributed by atoms with van der Waals surface area (Å²) >= 11 is 0. The van der Waals surface area contributed by atoms with Crippen molar-refractivity contribution in [2.75, 3.05) is 0 Å².